The molecule has 0 bridgehead atoms. The number of amides is 2. The third-order valence-corrected chi connectivity index (χ3v) is 4.31. The number of carboxylic acids is 1. The first-order valence-corrected chi connectivity index (χ1v) is 7.90. The number of carbonyl (C=O) groups is 3. The van der Waals surface area contributed by atoms with Crippen LogP contribution in [0.2, 0.25) is 0 Å². The van der Waals surface area contributed by atoms with Gasteiger partial charge in [0.05, 0.1) is 18.6 Å². The quantitative estimate of drug-likeness (QED) is 0.734. The molecule has 1 aliphatic carbocycles. The molecule has 0 atom stereocenters. The van der Waals surface area contributed by atoms with E-state index in [4.69, 9.17) is 9.84 Å². The van der Waals surface area contributed by atoms with Crippen LogP contribution >= 0.6 is 0 Å². The summed E-state index contributed by atoms with van der Waals surface area (Å²) in [6.07, 6.45) is 2.42. The number of benzene rings is 1. The average Bonchev–Trinajstić information content (AvgIpc) is 2.56. The summed E-state index contributed by atoms with van der Waals surface area (Å²) < 4.78 is 4.71. The molecule has 0 aromatic heterocycles. The fraction of sp³-hybridized carbons (Fsp3) is 0.471. The first kappa shape index (κ1) is 17.8. The first-order chi connectivity index (χ1) is 11.4. The van der Waals surface area contributed by atoms with Crippen LogP contribution in [0.3, 0.4) is 0 Å². The molecule has 0 radical (unpaired) electrons. The molecule has 3 N–H and O–H groups in total. The van der Waals surface area contributed by atoms with E-state index in [0.29, 0.717) is 36.9 Å². The van der Waals surface area contributed by atoms with E-state index in [0.717, 1.165) is 5.56 Å². The monoisotopic (exact) mass is 334 g/mol. The highest BCUT2D eigenvalue weighted by Crippen LogP contribution is 2.24. The van der Waals surface area contributed by atoms with Crippen molar-refractivity contribution in [1.29, 1.82) is 0 Å². The Balaban J connectivity index is 1.91. The van der Waals surface area contributed by atoms with Gasteiger partial charge in [0.2, 0.25) is 0 Å². The molecule has 0 heterocycles. The van der Waals surface area contributed by atoms with Crippen molar-refractivity contribution in [2.45, 2.75) is 38.6 Å². The third-order valence-electron chi connectivity index (χ3n) is 4.31. The van der Waals surface area contributed by atoms with Gasteiger partial charge in [-0.25, -0.2) is 9.59 Å². The number of anilines is 1. The Morgan fingerprint density at radius 3 is 2.42 bits per heavy atom. The van der Waals surface area contributed by atoms with E-state index in [1.54, 1.807) is 25.1 Å². The molecule has 1 fully saturated rings. The maximum atomic E-state index is 12.1. The van der Waals surface area contributed by atoms with Crippen LogP contribution in [-0.2, 0) is 9.53 Å². The SMILES string of the molecule is COC(=O)c1cc(NC(=O)NC2CCC(C(=O)O)CC2)ccc1C. The zero-order valence-electron chi connectivity index (χ0n) is 13.8. The van der Waals surface area contributed by atoms with Crippen LogP contribution in [0.15, 0.2) is 18.2 Å². The predicted octanol–water partition coefficient (Wildman–Crippen LogP) is 2.55. The second kappa shape index (κ2) is 7.81. The van der Waals surface area contributed by atoms with Gasteiger partial charge in [-0.05, 0) is 50.3 Å². The lowest BCUT2D eigenvalue weighted by atomic mass is 9.86. The summed E-state index contributed by atoms with van der Waals surface area (Å²) in [6.45, 7) is 1.79. The summed E-state index contributed by atoms with van der Waals surface area (Å²) in [5, 5.41) is 14.5. The normalized spacial score (nSPS) is 20.1. The number of methoxy groups -OCH3 is 1. The van der Waals surface area contributed by atoms with Crippen molar-refractivity contribution in [1.82, 2.24) is 5.32 Å². The molecule has 7 heteroatoms. The van der Waals surface area contributed by atoms with Crippen molar-refractivity contribution >= 4 is 23.7 Å². The predicted molar refractivity (Wildman–Crippen MR) is 88.1 cm³/mol. The molecule has 130 valence electrons. The molecule has 7 nitrogen and oxygen atoms in total. The minimum Gasteiger partial charge on any atom is -0.481 e. The molecule has 0 aliphatic heterocycles. The third kappa shape index (κ3) is 4.47. The minimum absolute atomic E-state index is 0.0360. The number of aliphatic carboxylic acids is 1. The molecule has 0 unspecified atom stereocenters. The number of nitrogens with one attached hydrogen (secondary N) is 2. The highest BCUT2D eigenvalue weighted by Gasteiger charge is 2.26. The maximum Gasteiger partial charge on any atom is 0.338 e. The van der Waals surface area contributed by atoms with Gasteiger partial charge in [-0.3, -0.25) is 4.79 Å². The highest BCUT2D eigenvalue weighted by molar-refractivity contribution is 5.95. The Labute approximate surface area is 140 Å². The van der Waals surface area contributed by atoms with E-state index in [1.807, 2.05) is 0 Å². The average molecular weight is 334 g/mol. The van der Waals surface area contributed by atoms with Gasteiger partial charge in [0.25, 0.3) is 0 Å². The Bertz CT molecular complexity index is 636. The van der Waals surface area contributed by atoms with Crippen LogP contribution in [-0.4, -0.2) is 36.2 Å². The van der Waals surface area contributed by atoms with Crippen molar-refractivity contribution in [3.8, 4) is 0 Å². The molecule has 1 aliphatic rings. The molecule has 1 aromatic rings. The van der Waals surface area contributed by atoms with Crippen LogP contribution in [0.1, 0.15) is 41.6 Å². The Hall–Kier alpha value is -2.57. The smallest absolute Gasteiger partial charge is 0.338 e. The van der Waals surface area contributed by atoms with Crippen molar-refractivity contribution in [2.75, 3.05) is 12.4 Å². The van der Waals surface area contributed by atoms with Crippen molar-refractivity contribution in [3.05, 3.63) is 29.3 Å². The molecule has 2 amide bonds. The Morgan fingerprint density at radius 2 is 1.83 bits per heavy atom. The van der Waals surface area contributed by atoms with E-state index < -0.39 is 11.9 Å². The molecular formula is C17H22N2O5. The van der Waals surface area contributed by atoms with Gasteiger partial charge >= 0.3 is 18.0 Å². The zero-order chi connectivity index (χ0) is 17.7. The first-order valence-electron chi connectivity index (χ1n) is 7.90. The summed E-state index contributed by atoms with van der Waals surface area (Å²) in [5.41, 5.74) is 1.66. The van der Waals surface area contributed by atoms with Gasteiger partial charge in [-0.2, -0.15) is 0 Å². The minimum atomic E-state index is -0.770. The second-order valence-electron chi connectivity index (χ2n) is 6.01. The topological polar surface area (TPSA) is 105 Å². The Morgan fingerprint density at radius 1 is 1.17 bits per heavy atom. The fourth-order valence-corrected chi connectivity index (χ4v) is 2.87. The van der Waals surface area contributed by atoms with Crippen molar-refractivity contribution < 1.29 is 24.2 Å². The van der Waals surface area contributed by atoms with Gasteiger partial charge < -0.3 is 20.5 Å². The number of ether oxygens (including phenoxy) is 1. The van der Waals surface area contributed by atoms with Crippen LogP contribution in [0.5, 0.6) is 0 Å². The summed E-state index contributed by atoms with van der Waals surface area (Å²) in [7, 11) is 1.31. The van der Waals surface area contributed by atoms with E-state index in [2.05, 4.69) is 10.6 Å². The standard InChI is InChI=1S/C17H22N2O5/c1-10-3-6-13(9-14(10)16(22)24-2)19-17(23)18-12-7-4-11(5-8-12)15(20)21/h3,6,9,11-12H,4-5,7-8H2,1-2H3,(H,20,21)(H2,18,19,23). The second-order valence-corrected chi connectivity index (χ2v) is 6.01. The highest BCUT2D eigenvalue weighted by atomic mass is 16.5. The van der Waals surface area contributed by atoms with Crippen molar-refractivity contribution in [3.63, 3.8) is 0 Å². The number of hydrogen-bond acceptors (Lipinski definition) is 4. The number of rotatable bonds is 4. The lowest BCUT2D eigenvalue weighted by molar-refractivity contribution is -0.142. The van der Waals surface area contributed by atoms with Gasteiger partial charge in [-0.15, -0.1) is 0 Å². The molecule has 0 spiro atoms. The summed E-state index contributed by atoms with van der Waals surface area (Å²) in [5.74, 6) is -1.54. The zero-order valence-corrected chi connectivity index (χ0v) is 13.8. The molecule has 24 heavy (non-hydrogen) atoms. The van der Waals surface area contributed by atoms with Crippen LogP contribution in [0, 0.1) is 12.8 Å². The van der Waals surface area contributed by atoms with Crippen molar-refractivity contribution in [2.24, 2.45) is 5.92 Å². The Kier molecular flexibility index (Phi) is 5.78. The largest absolute Gasteiger partial charge is 0.481 e. The lowest BCUT2D eigenvalue weighted by Gasteiger charge is -2.26. The number of hydrogen-bond donors (Lipinski definition) is 3. The summed E-state index contributed by atoms with van der Waals surface area (Å²) >= 11 is 0. The van der Waals surface area contributed by atoms with Crippen LogP contribution in [0.25, 0.3) is 0 Å². The number of esters is 1. The van der Waals surface area contributed by atoms with E-state index in [1.165, 1.54) is 7.11 Å². The number of carbonyl (C=O) groups excluding carboxylic acids is 2. The van der Waals surface area contributed by atoms with E-state index >= 15 is 0 Å². The van der Waals surface area contributed by atoms with E-state index in [-0.39, 0.29) is 18.0 Å². The molecule has 1 saturated carbocycles. The van der Waals surface area contributed by atoms with E-state index in [9.17, 15) is 14.4 Å². The summed E-state index contributed by atoms with van der Waals surface area (Å²) in [6, 6.07) is 4.62. The molecule has 2 rings (SSSR count). The summed E-state index contributed by atoms with van der Waals surface area (Å²) in [4.78, 5) is 34.7. The van der Waals surface area contributed by atoms with Gasteiger partial charge in [0.15, 0.2) is 0 Å². The molecular weight excluding hydrogens is 312 g/mol. The number of carboxylic acid groups (broad SMARTS) is 1. The number of aryl methyl sites for hydroxylation is 1. The molecule has 1 aromatic carbocycles. The van der Waals surface area contributed by atoms with Gasteiger partial charge in [-0.1, -0.05) is 6.07 Å². The van der Waals surface area contributed by atoms with Crippen LogP contribution < -0.4 is 10.6 Å². The fourth-order valence-electron chi connectivity index (χ4n) is 2.87. The molecule has 0 saturated heterocycles. The lowest BCUT2D eigenvalue weighted by Crippen LogP contribution is -2.41. The number of urea groups is 1. The van der Waals surface area contributed by atoms with Crippen LogP contribution in [0.4, 0.5) is 10.5 Å². The van der Waals surface area contributed by atoms with Gasteiger partial charge in [0.1, 0.15) is 0 Å². The maximum absolute atomic E-state index is 12.1. The van der Waals surface area contributed by atoms with Gasteiger partial charge in [0, 0.05) is 11.7 Å².